The van der Waals surface area contributed by atoms with Crippen LogP contribution >= 0.6 is 0 Å². The third-order valence-corrected chi connectivity index (χ3v) is 3.82. The van der Waals surface area contributed by atoms with E-state index >= 15 is 0 Å². The Bertz CT molecular complexity index is 459. The Balaban J connectivity index is 2.17. The topological polar surface area (TPSA) is 101 Å². The van der Waals surface area contributed by atoms with Crippen LogP contribution in [0.1, 0.15) is 43.2 Å². The van der Waals surface area contributed by atoms with Crippen molar-refractivity contribution in [2.24, 2.45) is 16.8 Å². The fourth-order valence-corrected chi connectivity index (χ4v) is 2.48. The summed E-state index contributed by atoms with van der Waals surface area (Å²) in [6, 6.07) is 3.23. The van der Waals surface area contributed by atoms with Crippen molar-refractivity contribution in [2.45, 2.75) is 38.1 Å². The van der Waals surface area contributed by atoms with E-state index in [-0.39, 0.29) is 17.5 Å². The Kier molecular flexibility index (Phi) is 3.78. The summed E-state index contributed by atoms with van der Waals surface area (Å²) in [6.45, 7) is 2.16. The van der Waals surface area contributed by atoms with Gasteiger partial charge >= 0.3 is 0 Å². The van der Waals surface area contributed by atoms with Crippen LogP contribution in [0.2, 0.25) is 0 Å². The summed E-state index contributed by atoms with van der Waals surface area (Å²) < 4.78 is 5.06. The number of carbonyl (C=O) groups excluding carboxylic acids is 1. The van der Waals surface area contributed by atoms with Gasteiger partial charge in [0, 0.05) is 0 Å². The molecule has 2 rings (SSSR count). The molecule has 104 valence electrons. The van der Waals surface area contributed by atoms with Crippen molar-refractivity contribution in [3.63, 3.8) is 0 Å². The molecule has 0 aromatic carbocycles. The number of nitrogens with zero attached hydrogens (tertiary/aromatic N) is 1. The normalized spacial score (nSPS) is 28.1. The van der Waals surface area contributed by atoms with Crippen LogP contribution < -0.4 is 11.1 Å². The molecule has 1 aromatic rings. The van der Waals surface area contributed by atoms with Crippen molar-refractivity contribution in [1.82, 2.24) is 5.32 Å². The minimum absolute atomic E-state index is 0.0549. The minimum Gasteiger partial charge on any atom is -0.459 e. The van der Waals surface area contributed by atoms with E-state index in [1.165, 1.54) is 6.26 Å². The van der Waals surface area contributed by atoms with Crippen LogP contribution in [-0.2, 0) is 0 Å². The van der Waals surface area contributed by atoms with Crippen LogP contribution in [0.4, 0.5) is 0 Å². The summed E-state index contributed by atoms with van der Waals surface area (Å²) in [5.74, 6) is 0.523. The fourth-order valence-electron chi connectivity index (χ4n) is 2.48. The first kappa shape index (κ1) is 13.5. The predicted octanol–water partition coefficient (Wildman–Crippen LogP) is 1.70. The number of amidine groups is 1. The SMILES string of the molecule is CC1CCC(NC(=O)c2ccco2)(/C(N)=N/O)CC1. The van der Waals surface area contributed by atoms with Crippen molar-refractivity contribution in [2.75, 3.05) is 0 Å². The summed E-state index contributed by atoms with van der Waals surface area (Å²) in [7, 11) is 0. The van der Waals surface area contributed by atoms with Crippen molar-refractivity contribution in [3.05, 3.63) is 24.2 Å². The zero-order chi connectivity index (χ0) is 13.9. The van der Waals surface area contributed by atoms with Gasteiger partial charge in [0.1, 0.15) is 5.54 Å². The van der Waals surface area contributed by atoms with Gasteiger partial charge in [0.2, 0.25) is 0 Å². The molecule has 0 unspecified atom stereocenters. The summed E-state index contributed by atoms with van der Waals surface area (Å²) in [5, 5.41) is 14.9. The quantitative estimate of drug-likeness (QED) is 0.335. The highest BCUT2D eigenvalue weighted by atomic mass is 16.4. The first-order chi connectivity index (χ1) is 9.07. The Labute approximate surface area is 111 Å². The van der Waals surface area contributed by atoms with Crippen molar-refractivity contribution < 1.29 is 14.4 Å². The maximum atomic E-state index is 12.1. The Hall–Kier alpha value is -1.98. The van der Waals surface area contributed by atoms with Gasteiger partial charge in [-0.05, 0) is 43.7 Å². The third kappa shape index (κ3) is 2.72. The van der Waals surface area contributed by atoms with Crippen LogP contribution in [0.3, 0.4) is 0 Å². The first-order valence-electron chi connectivity index (χ1n) is 6.41. The van der Waals surface area contributed by atoms with E-state index < -0.39 is 5.54 Å². The second-order valence-electron chi connectivity index (χ2n) is 5.18. The zero-order valence-electron chi connectivity index (χ0n) is 10.9. The van der Waals surface area contributed by atoms with Crippen LogP contribution in [0, 0.1) is 5.92 Å². The second kappa shape index (κ2) is 5.34. The monoisotopic (exact) mass is 265 g/mol. The molecular weight excluding hydrogens is 246 g/mol. The van der Waals surface area contributed by atoms with Gasteiger partial charge in [-0.15, -0.1) is 0 Å². The molecule has 0 saturated heterocycles. The highest BCUT2D eigenvalue weighted by Crippen LogP contribution is 2.32. The van der Waals surface area contributed by atoms with E-state index in [1.54, 1.807) is 12.1 Å². The largest absolute Gasteiger partial charge is 0.459 e. The highest BCUT2D eigenvalue weighted by molar-refractivity contribution is 5.98. The molecule has 0 atom stereocenters. The third-order valence-electron chi connectivity index (χ3n) is 3.82. The van der Waals surface area contributed by atoms with E-state index in [1.807, 2.05) is 0 Å². The molecule has 6 nitrogen and oxygen atoms in total. The van der Waals surface area contributed by atoms with Crippen LogP contribution in [-0.4, -0.2) is 22.5 Å². The lowest BCUT2D eigenvalue weighted by molar-refractivity contribution is 0.0869. The molecule has 1 amide bonds. The number of furan rings is 1. The van der Waals surface area contributed by atoms with Gasteiger partial charge in [-0.25, -0.2) is 0 Å². The average Bonchev–Trinajstić information content (AvgIpc) is 2.95. The fraction of sp³-hybridized carbons (Fsp3) is 0.538. The Morgan fingerprint density at radius 1 is 1.58 bits per heavy atom. The Morgan fingerprint density at radius 3 is 2.79 bits per heavy atom. The maximum absolute atomic E-state index is 12.1. The molecule has 4 N–H and O–H groups in total. The molecule has 19 heavy (non-hydrogen) atoms. The predicted molar refractivity (Wildman–Crippen MR) is 69.9 cm³/mol. The average molecular weight is 265 g/mol. The highest BCUT2D eigenvalue weighted by Gasteiger charge is 2.40. The molecule has 1 heterocycles. The molecule has 1 aromatic heterocycles. The van der Waals surface area contributed by atoms with Crippen molar-refractivity contribution >= 4 is 11.7 Å². The van der Waals surface area contributed by atoms with Gasteiger partial charge in [0.25, 0.3) is 5.91 Å². The standard InChI is InChI=1S/C13H19N3O3/c1-9-4-6-13(7-5-9,12(14)16-18)15-11(17)10-3-2-8-19-10/h2-3,8-9,18H,4-7H2,1H3,(H2,14,16)(H,15,17). The number of amides is 1. The first-order valence-corrected chi connectivity index (χ1v) is 6.41. The molecule has 0 spiro atoms. The number of oxime groups is 1. The molecule has 1 saturated carbocycles. The molecular formula is C13H19N3O3. The summed E-state index contributed by atoms with van der Waals surface area (Å²) in [5.41, 5.74) is 5.01. The Morgan fingerprint density at radius 2 is 2.26 bits per heavy atom. The number of carbonyl (C=O) groups is 1. The van der Waals surface area contributed by atoms with Crippen molar-refractivity contribution in [3.8, 4) is 0 Å². The molecule has 0 bridgehead atoms. The van der Waals surface area contributed by atoms with E-state index in [0.717, 1.165) is 12.8 Å². The van der Waals surface area contributed by atoms with E-state index in [9.17, 15) is 4.79 Å². The number of nitrogens with two attached hydrogens (primary N) is 1. The lowest BCUT2D eigenvalue weighted by Crippen LogP contribution is -2.59. The van der Waals surface area contributed by atoms with Crippen LogP contribution in [0.25, 0.3) is 0 Å². The lowest BCUT2D eigenvalue weighted by atomic mass is 9.76. The smallest absolute Gasteiger partial charge is 0.287 e. The number of rotatable bonds is 3. The van der Waals surface area contributed by atoms with Gasteiger partial charge in [0.15, 0.2) is 11.6 Å². The minimum atomic E-state index is -0.773. The molecule has 1 fully saturated rings. The van der Waals surface area contributed by atoms with E-state index in [4.69, 9.17) is 15.4 Å². The molecule has 6 heteroatoms. The van der Waals surface area contributed by atoms with Crippen LogP contribution in [0.5, 0.6) is 0 Å². The van der Waals surface area contributed by atoms with Gasteiger partial charge in [-0.1, -0.05) is 12.1 Å². The van der Waals surface area contributed by atoms with Gasteiger partial charge in [-0.3, -0.25) is 4.79 Å². The van der Waals surface area contributed by atoms with E-state index in [2.05, 4.69) is 17.4 Å². The van der Waals surface area contributed by atoms with E-state index in [0.29, 0.717) is 18.8 Å². The molecule has 0 aliphatic heterocycles. The number of hydrogen-bond acceptors (Lipinski definition) is 4. The summed E-state index contributed by atoms with van der Waals surface area (Å²) >= 11 is 0. The van der Waals surface area contributed by atoms with Crippen LogP contribution in [0.15, 0.2) is 28.0 Å². The molecule has 1 aliphatic carbocycles. The molecule has 1 aliphatic rings. The van der Waals surface area contributed by atoms with Gasteiger partial charge < -0.3 is 20.7 Å². The number of hydrogen-bond donors (Lipinski definition) is 3. The summed E-state index contributed by atoms with van der Waals surface area (Å²) in [6.07, 6.45) is 4.62. The lowest BCUT2D eigenvalue weighted by Gasteiger charge is -2.38. The van der Waals surface area contributed by atoms with Crippen molar-refractivity contribution in [1.29, 1.82) is 0 Å². The maximum Gasteiger partial charge on any atom is 0.287 e. The second-order valence-corrected chi connectivity index (χ2v) is 5.18. The van der Waals surface area contributed by atoms with Gasteiger partial charge in [-0.2, -0.15) is 0 Å². The number of nitrogens with one attached hydrogen (secondary N) is 1. The zero-order valence-corrected chi connectivity index (χ0v) is 10.9. The van der Waals surface area contributed by atoms with Gasteiger partial charge in [0.05, 0.1) is 6.26 Å². The molecule has 0 radical (unpaired) electrons. The summed E-state index contributed by atoms with van der Waals surface area (Å²) in [4.78, 5) is 12.1.